The second-order valence-electron chi connectivity index (χ2n) is 7.56. The Morgan fingerprint density at radius 1 is 0.909 bits per heavy atom. The summed E-state index contributed by atoms with van der Waals surface area (Å²) in [6, 6.07) is 14.3. The van der Waals surface area contributed by atoms with E-state index in [-0.39, 0.29) is 5.69 Å². The maximum Gasteiger partial charge on any atom is 0.351 e. The highest BCUT2D eigenvalue weighted by Gasteiger charge is 2.28. The van der Waals surface area contributed by atoms with E-state index in [4.69, 9.17) is 9.47 Å². The first-order valence-corrected chi connectivity index (χ1v) is 10.5. The number of aromatic nitrogens is 3. The van der Waals surface area contributed by atoms with Crippen LogP contribution in [0.3, 0.4) is 0 Å². The number of carbonyl (C=O) groups is 1. The number of amides is 1. The van der Waals surface area contributed by atoms with Crippen LogP contribution in [0.15, 0.2) is 58.1 Å². The van der Waals surface area contributed by atoms with Gasteiger partial charge in [-0.1, -0.05) is 12.1 Å². The summed E-state index contributed by atoms with van der Waals surface area (Å²) in [4.78, 5) is 42.3. The van der Waals surface area contributed by atoms with Gasteiger partial charge in [-0.3, -0.25) is 14.2 Å². The normalized spacial score (nSPS) is 13.7. The SMILES string of the molecule is COc1ccc(-n2nc(C(=O)N3CCN(c4ccccc4OC)CC3)c(=O)n(C)c2=O)cc1. The molecule has 0 saturated carbocycles. The van der Waals surface area contributed by atoms with Gasteiger partial charge in [0, 0.05) is 33.2 Å². The minimum Gasteiger partial charge on any atom is -0.497 e. The van der Waals surface area contributed by atoms with Crippen molar-refractivity contribution in [3.63, 3.8) is 0 Å². The molecule has 0 spiro atoms. The lowest BCUT2D eigenvalue weighted by Gasteiger charge is -2.36. The molecule has 3 aromatic rings. The fourth-order valence-electron chi connectivity index (χ4n) is 3.79. The van der Waals surface area contributed by atoms with Crippen LogP contribution in [-0.2, 0) is 7.05 Å². The molecule has 172 valence electrons. The predicted molar refractivity (Wildman–Crippen MR) is 123 cm³/mol. The minimum atomic E-state index is -0.720. The maximum atomic E-state index is 13.2. The van der Waals surface area contributed by atoms with Gasteiger partial charge in [0.15, 0.2) is 0 Å². The molecule has 0 atom stereocenters. The van der Waals surface area contributed by atoms with Gasteiger partial charge in [-0.05, 0) is 36.4 Å². The van der Waals surface area contributed by atoms with Crippen LogP contribution >= 0.6 is 0 Å². The van der Waals surface area contributed by atoms with Crippen LogP contribution in [0.2, 0.25) is 0 Å². The number of ether oxygens (including phenoxy) is 2. The van der Waals surface area contributed by atoms with Crippen LogP contribution in [0.1, 0.15) is 10.5 Å². The Bertz CT molecular complexity index is 1270. The van der Waals surface area contributed by atoms with E-state index in [0.29, 0.717) is 37.6 Å². The molecule has 10 nitrogen and oxygen atoms in total. The number of nitrogens with zero attached hydrogens (tertiary/aromatic N) is 5. The molecule has 1 amide bonds. The molecule has 1 saturated heterocycles. The molecule has 2 aromatic carbocycles. The number of methoxy groups -OCH3 is 2. The van der Waals surface area contributed by atoms with Crippen molar-refractivity contribution >= 4 is 11.6 Å². The van der Waals surface area contributed by atoms with E-state index in [0.717, 1.165) is 20.7 Å². The summed E-state index contributed by atoms with van der Waals surface area (Å²) < 4.78 is 12.5. The zero-order chi connectivity index (χ0) is 23.5. The maximum absolute atomic E-state index is 13.2. The van der Waals surface area contributed by atoms with Crippen LogP contribution < -0.4 is 25.6 Å². The second kappa shape index (κ2) is 9.19. The van der Waals surface area contributed by atoms with E-state index in [1.807, 2.05) is 24.3 Å². The lowest BCUT2D eigenvalue weighted by molar-refractivity contribution is 0.0735. The lowest BCUT2D eigenvalue weighted by atomic mass is 10.2. The van der Waals surface area contributed by atoms with E-state index < -0.39 is 17.2 Å². The number of rotatable bonds is 5. The summed E-state index contributed by atoms with van der Waals surface area (Å²) in [6.07, 6.45) is 0. The van der Waals surface area contributed by atoms with Crippen molar-refractivity contribution in [2.45, 2.75) is 0 Å². The summed E-state index contributed by atoms with van der Waals surface area (Å²) in [7, 11) is 4.50. The topological polar surface area (TPSA) is 98.9 Å². The van der Waals surface area contributed by atoms with Crippen molar-refractivity contribution in [3.05, 3.63) is 75.1 Å². The number of benzene rings is 2. The van der Waals surface area contributed by atoms with Crippen molar-refractivity contribution in [1.82, 2.24) is 19.2 Å². The molecule has 1 aromatic heterocycles. The third-order valence-electron chi connectivity index (χ3n) is 5.69. The molecule has 10 heteroatoms. The number of anilines is 1. The van der Waals surface area contributed by atoms with Crippen molar-refractivity contribution in [3.8, 4) is 17.2 Å². The Balaban J connectivity index is 1.59. The molecule has 1 aliphatic rings. The molecule has 0 bridgehead atoms. The first-order chi connectivity index (χ1) is 15.9. The molecule has 1 aliphatic heterocycles. The zero-order valence-electron chi connectivity index (χ0n) is 18.7. The molecule has 33 heavy (non-hydrogen) atoms. The first kappa shape index (κ1) is 22.1. The Morgan fingerprint density at radius 3 is 2.21 bits per heavy atom. The van der Waals surface area contributed by atoms with Crippen molar-refractivity contribution in [2.24, 2.45) is 7.05 Å². The van der Waals surface area contributed by atoms with Crippen molar-refractivity contribution < 1.29 is 14.3 Å². The molecule has 0 aliphatic carbocycles. The van der Waals surface area contributed by atoms with Gasteiger partial charge in [0.1, 0.15) is 11.5 Å². The fraction of sp³-hybridized carbons (Fsp3) is 0.304. The third kappa shape index (κ3) is 4.19. The second-order valence-corrected chi connectivity index (χ2v) is 7.56. The van der Waals surface area contributed by atoms with Crippen LogP contribution in [-0.4, -0.2) is 65.6 Å². The van der Waals surface area contributed by atoms with Crippen molar-refractivity contribution in [2.75, 3.05) is 45.3 Å². The van der Waals surface area contributed by atoms with Crippen LogP contribution in [0.4, 0.5) is 5.69 Å². The average Bonchev–Trinajstić information content (AvgIpc) is 2.87. The van der Waals surface area contributed by atoms with Gasteiger partial charge in [-0.2, -0.15) is 9.78 Å². The Kier molecular flexibility index (Phi) is 6.16. The van der Waals surface area contributed by atoms with Crippen LogP contribution in [0.25, 0.3) is 5.69 Å². The number of hydrogen-bond acceptors (Lipinski definition) is 7. The molecule has 4 rings (SSSR count). The Hall–Kier alpha value is -4.08. The van der Waals surface area contributed by atoms with Gasteiger partial charge in [-0.15, -0.1) is 0 Å². The van der Waals surface area contributed by atoms with Gasteiger partial charge in [-0.25, -0.2) is 4.79 Å². The fourth-order valence-corrected chi connectivity index (χ4v) is 3.79. The van der Waals surface area contributed by atoms with Crippen LogP contribution in [0, 0.1) is 0 Å². The zero-order valence-corrected chi connectivity index (χ0v) is 18.7. The summed E-state index contributed by atoms with van der Waals surface area (Å²) in [5.74, 6) is 0.873. The molecule has 0 radical (unpaired) electrons. The monoisotopic (exact) mass is 451 g/mol. The minimum absolute atomic E-state index is 0.293. The van der Waals surface area contributed by atoms with E-state index in [2.05, 4.69) is 10.00 Å². The standard InChI is InChI=1S/C23H25N5O5/c1-25-21(29)20(24-28(23(25)31)16-8-10-17(32-2)11-9-16)22(30)27-14-12-26(13-15-27)18-6-4-5-7-19(18)33-3/h4-11H,12-15H2,1-3H3. The van der Waals surface area contributed by atoms with Gasteiger partial charge in [0.25, 0.3) is 11.5 Å². The molecule has 0 N–H and O–H groups in total. The average molecular weight is 451 g/mol. The van der Waals surface area contributed by atoms with E-state index in [1.54, 1.807) is 36.3 Å². The third-order valence-corrected chi connectivity index (χ3v) is 5.69. The first-order valence-electron chi connectivity index (χ1n) is 10.5. The van der Waals surface area contributed by atoms with E-state index in [1.165, 1.54) is 14.2 Å². The highest BCUT2D eigenvalue weighted by molar-refractivity contribution is 5.92. The highest BCUT2D eigenvalue weighted by Crippen LogP contribution is 2.28. The predicted octanol–water partition coefficient (Wildman–Crippen LogP) is 0.911. The van der Waals surface area contributed by atoms with Crippen LogP contribution in [0.5, 0.6) is 11.5 Å². The molecular weight excluding hydrogens is 426 g/mol. The van der Waals surface area contributed by atoms with E-state index in [9.17, 15) is 14.4 Å². The molecule has 0 unspecified atom stereocenters. The van der Waals surface area contributed by atoms with Gasteiger partial charge >= 0.3 is 5.69 Å². The smallest absolute Gasteiger partial charge is 0.351 e. The summed E-state index contributed by atoms with van der Waals surface area (Å²) in [5, 5.41) is 4.14. The number of para-hydroxylation sites is 2. The summed E-state index contributed by atoms with van der Waals surface area (Å²) in [5.41, 5.74) is -0.274. The molecule has 1 fully saturated rings. The number of piperazine rings is 1. The lowest BCUT2D eigenvalue weighted by Crippen LogP contribution is -2.51. The summed E-state index contributed by atoms with van der Waals surface area (Å²) >= 11 is 0. The largest absolute Gasteiger partial charge is 0.497 e. The van der Waals surface area contributed by atoms with Gasteiger partial charge < -0.3 is 19.3 Å². The van der Waals surface area contributed by atoms with E-state index >= 15 is 0 Å². The molecule has 2 heterocycles. The van der Waals surface area contributed by atoms with Gasteiger partial charge in [0.2, 0.25) is 5.69 Å². The number of hydrogen-bond donors (Lipinski definition) is 0. The Labute approximate surface area is 190 Å². The summed E-state index contributed by atoms with van der Waals surface area (Å²) in [6.45, 7) is 1.96. The van der Waals surface area contributed by atoms with Crippen molar-refractivity contribution in [1.29, 1.82) is 0 Å². The Morgan fingerprint density at radius 2 is 1.58 bits per heavy atom. The quantitative estimate of drug-likeness (QED) is 0.569. The molecular formula is C23H25N5O5. The number of carbonyl (C=O) groups excluding carboxylic acids is 1. The highest BCUT2D eigenvalue weighted by atomic mass is 16.5. The van der Waals surface area contributed by atoms with Gasteiger partial charge in [0.05, 0.1) is 25.6 Å².